The summed E-state index contributed by atoms with van der Waals surface area (Å²) < 4.78 is 0. The summed E-state index contributed by atoms with van der Waals surface area (Å²) in [6.07, 6.45) is 0.394. The Morgan fingerprint density at radius 2 is 2.08 bits per heavy atom. The number of rotatable bonds is 1. The summed E-state index contributed by atoms with van der Waals surface area (Å²) in [4.78, 5) is 22.1. The molecule has 0 aliphatic heterocycles. The quantitative estimate of drug-likeness (QED) is 0.645. The molecule has 3 nitrogen and oxygen atoms in total. The third-order valence-corrected chi connectivity index (χ3v) is 2.75. The van der Waals surface area contributed by atoms with Crippen molar-refractivity contribution in [2.45, 2.75) is 27.2 Å². The molecule has 0 spiro atoms. The Morgan fingerprint density at radius 1 is 1.58 bits per heavy atom. The fourth-order valence-corrected chi connectivity index (χ4v) is 2.13. The molecule has 1 aliphatic carbocycles. The summed E-state index contributed by atoms with van der Waals surface area (Å²) in [5.41, 5.74) is -0.373. The van der Waals surface area contributed by atoms with Gasteiger partial charge >= 0.3 is 5.97 Å². The SMILES string of the molecule is C[C@H]1C(=O)CC(C)(C)[C@@H]1C(=O)O. The average molecular weight is 170 g/mol. The van der Waals surface area contributed by atoms with E-state index in [9.17, 15) is 9.59 Å². The molecular formula is C9H14O3. The first kappa shape index (κ1) is 9.23. The summed E-state index contributed by atoms with van der Waals surface area (Å²) in [5, 5.41) is 8.88. The van der Waals surface area contributed by atoms with Gasteiger partial charge in [-0.25, -0.2) is 0 Å². The van der Waals surface area contributed by atoms with Crippen LogP contribution in [0.4, 0.5) is 0 Å². The summed E-state index contributed by atoms with van der Waals surface area (Å²) >= 11 is 0. The topological polar surface area (TPSA) is 54.4 Å². The highest BCUT2D eigenvalue weighted by Crippen LogP contribution is 2.44. The molecule has 0 amide bonds. The predicted molar refractivity (Wildman–Crippen MR) is 43.7 cm³/mol. The van der Waals surface area contributed by atoms with E-state index in [1.165, 1.54) is 0 Å². The molecule has 0 aromatic carbocycles. The maximum atomic E-state index is 11.2. The van der Waals surface area contributed by atoms with Crippen LogP contribution in [0.15, 0.2) is 0 Å². The summed E-state index contributed by atoms with van der Waals surface area (Å²) in [7, 11) is 0. The summed E-state index contributed by atoms with van der Waals surface area (Å²) in [5.74, 6) is -1.60. The third kappa shape index (κ3) is 1.24. The normalized spacial score (nSPS) is 33.8. The van der Waals surface area contributed by atoms with Gasteiger partial charge < -0.3 is 5.11 Å². The van der Waals surface area contributed by atoms with Crippen molar-refractivity contribution in [3.05, 3.63) is 0 Å². The minimum absolute atomic E-state index is 0.0763. The lowest BCUT2D eigenvalue weighted by Crippen LogP contribution is -2.29. The fourth-order valence-electron chi connectivity index (χ4n) is 2.13. The second-order valence-electron chi connectivity index (χ2n) is 4.24. The smallest absolute Gasteiger partial charge is 0.307 e. The van der Waals surface area contributed by atoms with Gasteiger partial charge in [-0.2, -0.15) is 0 Å². The Hall–Kier alpha value is -0.860. The molecule has 0 saturated heterocycles. The van der Waals surface area contributed by atoms with Crippen LogP contribution in [-0.4, -0.2) is 16.9 Å². The van der Waals surface area contributed by atoms with E-state index in [0.717, 1.165) is 0 Å². The van der Waals surface area contributed by atoms with Gasteiger partial charge in [-0.15, -0.1) is 0 Å². The number of hydrogen-bond donors (Lipinski definition) is 1. The first-order chi connectivity index (χ1) is 5.36. The summed E-state index contributed by atoms with van der Waals surface area (Å²) in [6, 6.07) is 0. The molecule has 3 heteroatoms. The highest BCUT2D eigenvalue weighted by atomic mass is 16.4. The Balaban J connectivity index is 2.96. The van der Waals surface area contributed by atoms with Crippen LogP contribution in [0.1, 0.15) is 27.2 Å². The Bertz CT molecular complexity index is 230. The average Bonchev–Trinajstić information content (AvgIpc) is 2.01. The zero-order valence-corrected chi connectivity index (χ0v) is 7.63. The number of aliphatic carboxylic acids is 1. The van der Waals surface area contributed by atoms with Crippen LogP contribution >= 0.6 is 0 Å². The molecule has 1 aliphatic rings. The van der Waals surface area contributed by atoms with Crippen LogP contribution in [0, 0.1) is 17.3 Å². The molecule has 2 atom stereocenters. The van der Waals surface area contributed by atoms with Crippen molar-refractivity contribution < 1.29 is 14.7 Å². The van der Waals surface area contributed by atoms with Crippen molar-refractivity contribution in [2.75, 3.05) is 0 Å². The van der Waals surface area contributed by atoms with Crippen LogP contribution in [0.3, 0.4) is 0 Å². The standard InChI is InChI=1S/C9H14O3/c1-5-6(10)4-9(2,3)7(5)8(11)12/h5,7H,4H2,1-3H3,(H,11,12)/t5-,7-/m0/s1. The number of hydrogen-bond acceptors (Lipinski definition) is 2. The number of carbonyl (C=O) groups is 2. The van der Waals surface area contributed by atoms with Gasteiger partial charge in [-0.1, -0.05) is 20.8 Å². The van der Waals surface area contributed by atoms with E-state index in [0.29, 0.717) is 6.42 Å². The van der Waals surface area contributed by atoms with E-state index in [4.69, 9.17) is 5.11 Å². The number of carboxylic acid groups (broad SMARTS) is 1. The van der Waals surface area contributed by atoms with Gasteiger partial charge in [0.25, 0.3) is 0 Å². The zero-order chi connectivity index (χ0) is 9.52. The molecule has 1 rings (SSSR count). The second kappa shape index (κ2) is 2.57. The largest absolute Gasteiger partial charge is 0.481 e. The first-order valence-corrected chi connectivity index (χ1v) is 4.12. The van der Waals surface area contributed by atoms with Gasteiger partial charge in [-0.3, -0.25) is 9.59 Å². The van der Waals surface area contributed by atoms with Crippen LogP contribution in [0.25, 0.3) is 0 Å². The minimum atomic E-state index is -0.849. The van der Waals surface area contributed by atoms with Crippen LogP contribution < -0.4 is 0 Å². The van der Waals surface area contributed by atoms with Crippen molar-refractivity contribution >= 4 is 11.8 Å². The van der Waals surface area contributed by atoms with Gasteiger partial charge in [0.15, 0.2) is 0 Å². The molecule has 0 aromatic rings. The van der Waals surface area contributed by atoms with Crippen molar-refractivity contribution in [1.29, 1.82) is 0 Å². The minimum Gasteiger partial charge on any atom is -0.481 e. The van der Waals surface area contributed by atoms with E-state index in [1.54, 1.807) is 6.92 Å². The van der Waals surface area contributed by atoms with E-state index in [-0.39, 0.29) is 17.1 Å². The molecule has 0 heterocycles. The fraction of sp³-hybridized carbons (Fsp3) is 0.778. The van der Waals surface area contributed by atoms with Crippen molar-refractivity contribution in [2.24, 2.45) is 17.3 Å². The number of carbonyl (C=O) groups excluding carboxylic acids is 1. The molecule has 1 fully saturated rings. The Labute approximate surface area is 71.8 Å². The molecule has 0 aromatic heterocycles. The highest BCUT2D eigenvalue weighted by Gasteiger charge is 2.49. The van der Waals surface area contributed by atoms with Gasteiger partial charge in [-0.05, 0) is 5.41 Å². The molecular weight excluding hydrogens is 156 g/mol. The lowest BCUT2D eigenvalue weighted by molar-refractivity contribution is -0.147. The number of Topliss-reactive ketones (excluding diaryl/α,β-unsaturated/α-hetero) is 1. The van der Waals surface area contributed by atoms with E-state index >= 15 is 0 Å². The Morgan fingerprint density at radius 3 is 2.25 bits per heavy atom. The van der Waals surface area contributed by atoms with Crippen LogP contribution in [0.5, 0.6) is 0 Å². The highest BCUT2D eigenvalue weighted by molar-refractivity contribution is 5.90. The molecule has 0 radical (unpaired) electrons. The molecule has 0 unspecified atom stereocenters. The molecule has 12 heavy (non-hydrogen) atoms. The van der Waals surface area contributed by atoms with Gasteiger partial charge in [0.2, 0.25) is 0 Å². The number of carboxylic acids is 1. The molecule has 1 N–H and O–H groups in total. The van der Waals surface area contributed by atoms with Gasteiger partial charge in [0.1, 0.15) is 5.78 Å². The number of ketones is 1. The molecule has 68 valence electrons. The molecule has 1 saturated carbocycles. The zero-order valence-electron chi connectivity index (χ0n) is 7.63. The second-order valence-corrected chi connectivity index (χ2v) is 4.24. The predicted octanol–water partition coefficient (Wildman–Crippen LogP) is 1.32. The monoisotopic (exact) mass is 170 g/mol. The van der Waals surface area contributed by atoms with Crippen molar-refractivity contribution in [3.8, 4) is 0 Å². The van der Waals surface area contributed by atoms with Gasteiger partial charge in [0.05, 0.1) is 5.92 Å². The van der Waals surface area contributed by atoms with Crippen molar-refractivity contribution in [3.63, 3.8) is 0 Å². The first-order valence-electron chi connectivity index (χ1n) is 4.12. The third-order valence-electron chi connectivity index (χ3n) is 2.75. The maximum Gasteiger partial charge on any atom is 0.307 e. The van der Waals surface area contributed by atoms with E-state index < -0.39 is 11.9 Å². The maximum absolute atomic E-state index is 11.2. The van der Waals surface area contributed by atoms with Crippen LogP contribution in [-0.2, 0) is 9.59 Å². The lowest BCUT2D eigenvalue weighted by Gasteiger charge is -2.23. The van der Waals surface area contributed by atoms with E-state index in [1.807, 2.05) is 13.8 Å². The lowest BCUT2D eigenvalue weighted by atomic mass is 9.79. The molecule has 0 bridgehead atoms. The van der Waals surface area contributed by atoms with Gasteiger partial charge in [0, 0.05) is 12.3 Å². The Kier molecular flexibility index (Phi) is 1.98. The van der Waals surface area contributed by atoms with Crippen molar-refractivity contribution in [1.82, 2.24) is 0 Å². The van der Waals surface area contributed by atoms with E-state index in [2.05, 4.69) is 0 Å². The summed E-state index contributed by atoms with van der Waals surface area (Å²) in [6.45, 7) is 5.39. The van der Waals surface area contributed by atoms with Crippen LogP contribution in [0.2, 0.25) is 0 Å².